The quantitative estimate of drug-likeness (QED) is 0.164. The third kappa shape index (κ3) is 5.07. The summed E-state index contributed by atoms with van der Waals surface area (Å²) >= 11 is 0. The van der Waals surface area contributed by atoms with Gasteiger partial charge in [0, 0.05) is 22.3 Å². The smallest absolute Gasteiger partial charge is 0.132 e. The molecule has 10 rings (SSSR count). The molecule has 0 bridgehead atoms. The Morgan fingerprint density at radius 1 is 0.661 bits per heavy atom. The molecule has 0 aromatic heterocycles. The van der Waals surface area contributed by atoms with E-state index in [9.17, 15) is 0 Å². The summed E-state index contributed by atoms with van der Waals surface area (Å²) < 4.78 is 6.73. The summed E-state index contributed by atoms with van der Waals surface area (Å²) in [6.45, 7) is 13.6. The summed E-state index contributed by atoms with van der Waals surface area (Å²) in [5, 5.41) is 7.63. The van der Waals surface area contributed by atoms with E-state index in [0.29, 0.717) is 0 Å². The van der Waals surface area contributed by atoms with Crippen molar-refractivity contribution in [3.63, 3.8) is 0 Å². The van der Waals surface area contributed by atoms with Crippen LogP contribution in [0.1, 0.15) is 73.9 Å². The van der Waals surface area contributed by atoms with Gasteiger partial charge in [0.2, 0.25) is 0 Å². The molecule has 2 aliphatic carbocycles. The highest BCUT2D eigenvalue weighted by Crippen LogP contribution is 2.56. The molecule has 0 spiro atoms. The standard InChI is InChI=1S/C55H46O/c1-7-40-41(8-2)51(35-16-10-9-11-17-35)44-20-13-12-19-43(44)50(40)34(4)31-37-22-23-38(30-33(37)3)39-25-28-46-48(32-39)55(5,6)47-29-26-36-24-27-45-42-18-14-15-21-49(42)56-54(45)52(36)53(46)47/h7-32,42,49H,1-6H3/b34-31+,40-7+,41-8+. The summed E-state index contributed by atoms with van der Waals surface area (Å²) in [6.07, 6.45) is 15.8. The summed E-state index contributed by atoms with van der Waals surface area (Å²) in [7, 11) is 0. The SMILES string of the molecule is C/C=c1/c(/C(C)=C/c2ccc(-c3ccc4c(c3)C(C)(C)c3ccc5ccc6c(c5c3-4)OC3C=CC=CC63)cc2C)c2ccccc2c(-c2ccccc2)/c1=C/C. The third-order valence-electron chi connectivity index (χ3n) is 12.8. The lowest BCUT2D eigenvalue weighted by Crippen LogP contribution is -2.30. The zero-order valence-electron chi connectivity index (χ0n) is 33.1. The van der Waals surface area contributed by atoms with Gasteiger partial charge >= 0.3 is 0 Å². The monoisotopic (exact) mass is 722 g/mol. The molecule has 272 valence electrons. The van der Waals surface area contributed by atoms with Crippen molar-refractivity contribution >= 4 is 45.3 Å². The fourth-order valence-electron chi connectivity index (χ4n) is 10.1. The number of fused-ring (bicyclic) bond motifs is 10. The molecular formula is C55H46O. The van der Waals surface area contributed by atoms with Crippen molar-refractivity contribution in [1.82, 2.24) is 0 Å². The van der Waals surface area contributed by atoms with Crippen LogP contribution in [-0.2, 0) is 5.41 Å². The highest BCUT2D eigenvalue weighted by Gasteiger charge is 2.40. The molecule has 2 atom stereocenters. The first-order valence-electron chi connectivity index (χ1n) is 20.1. The summed E-state index contributed by atoms with van der Waals surface area (Å²) in [5.41, 5.74) is 16.7. The fraction of sp³-hybridized carbons (Fsp3) is 0.164. The Hall–Kier alpha value is -6.18. The largest absolute Gasteiger partial charge is 0.484 e. The van der Waals surface area contributed by atoms with Crippen molar-refractivity contribution in [2.75, 3.05) is 0 Å². The van der Waals surface area contributed by atoms with Gasteiger partial charge in [-0.1, -0.05) is 159 Å². The maximum absolute atomic E-state index is 6.73. The van der Waals surface area contributed by atoms with E-state index in [4.69, 9.17) is 4.74 Å². The second-order valence-corrected chi connectivity index (χ2v) is 16.3. The van der Waals surface area contributed by atoms with Gasteiger partial charge in [0.1, 0.15) is 11.9 Å². The lowest BCUT2D eigenvalue weighted by Gasteiger charge is -2.22. The van der Waals surface area contributed by atoms with E-state index >= 15 is 0 Å². The number of aryl methyl sites for hydroxylation is 1. The highest BCUT2D eigenvalue weighted by atomic mass is 16.5. The number of allylic oxidation sites excluding steroid dienone is 3. The predicted octanol–water partition coefficient (Wildman–Crippen LogP) is 13.1. The number of hydrogen-bond donors (Lipinski definition) is 0. The number of benzene rings is 7. The molecule has 7 aromatic rings. The molecule has 0 saturated heterocycles. The fourth-order valence-corrected chi connectivity index (χ4v) is 10.1. The second kappa shape index (κ2) is 13.0. The lowest BCUT2D eigenvalue weighted by molar-refractivity contribution is 0.271. The molecule has 0 amide bonds. The van der Waals surface area contributed by atoms with Gasteiger partial charge < -0.3 is 4.74 Å². The molecular weight excluding hydrogens is 677 g/mol. The summed E-state index contributed by atoms with van der Waals surface area (Å²) in [6, 6.07) is 43.0. The predicted molar refractivity (Wildman–Crippen MR) is 240 cm³/mol. The maximum atomic E-state index is 6.73. The zero-order chi connectivity index (χ0) is 38.3. The molecule has 1 aliphatic heterocycles. The molecule has 0 fully saturated rings. The van der Waals surface area contributed by atoms with Crippen LogP contribution in [0.4, 0.5) is 0 Å². The first-order chi connectivity index (χ1) is 27.3. The topological polar surface area (TPSA) is 9.23 Å². The Balaban J connectivity index is 1.05. The van der Waals surface area contributed by atoms with Crippen LogP contribution in [0.25, 0.3) is 78.7 Å². The first-order valence-corrected chi connectivity index (χ1v) is 20.1. The zero-order valence-corrected chi connectivity index (χ0v) is 33.1. The molecule has 1 heterocycles. The van der Waals surface area contributed by atoms with Gasteiger partial charge in [-0.25, -0.2) is 0 Å². The van der Waals surface area contributed by atoms with Crippen LogP contribution in [0.15, 0.2) is 140 Å². The first kappa shape index (κ1) is 34.3. The van der Waals surface area contributed by atoms with E-state index in [2.05, 4.69) is 199 Å². The van der Waals surface area contributed by atoms with Gasteiger partial charge in [0.25, 0.3) is 0 Å². The Morgan fingerprint density at radius 3 is 2.16 bits per heavy atom. The molecule has 0 radical (unpaired) electrons. The van der Waals surface area contributed by atoms with Crippen LogP contribution < -0.4 is 15.2 Å². The minimum absolute atomic E-state index is 0.0661. The van der Waals surface area contributed by atoms with Crippen LogP contribution >= 0.6 is 0 Å². The van der Waals surface area contributed by atoms with Crippen molar-refractivity contribution in [2.24, 2.45) is 0 Å². The molecule has 0 N–H and O–H groups in total. The third-order valence-corrected chi connectivity index (χ3v) is 12.8. The van der Waals surface area contributed by atoms with Crippen LogP contribution in [0.5, 0.6) is 5.75 Å². The van der Waals surface area contributed by atoms with Crippen LogP contribution in [0.2, 0.25) is 0 Å². The van der Waals surface area contributed by atoms with Gasteiger partial charge in [-0.15, -0.1) is 0 Å². The van der Waals surface area contributed by atoms with Gasteiger partial charge in [-0.3, -0.25) is 0 Å². The number of hydrogen-bond acceptors (Lipinski definition) is 1. The number of ether oxygens (including phenoxy) is 1. The molecule has 2 unspecified atom stereocenters. The van der Waals surface area contributed by atoms with Gasteiger partial charge in [0.15, 0.2) is 0 Å². The average Bonchev–Trinajstić information content (AvgIpc) is 3.72. The highest BCUT2D eigenvalue weighted by molar-refractivity contribution is 6.08. The second-order valence-electron chi connectivity index (χ2n) is 16.3. The Bertz CT molecular complexity index is 3010. The molecule has 1 nitrogen and oxygen atoms in total. The Labute approximate surface area is 330 Å². The van der Waals surface area contributed by atoms with E-state index < -0.39 is 0 Å². The van der Waals surface area contributed by atoms with Crippen molar-refractivity contribution in [3.05, 3.63) is 183 Å². The van der Waals surface area contributed by atoms with E-state index in [1.54, 1.807) is 0 Å². The van der Waals surface area contributed by atoms with Crippen molar-refractivity contribution in [2.45, 2.75) is 59.0 Å². The molecule has 7 aromatic carbocycles. The van der Waals surface area contributed by atoms with E-state index in [1.807, 2.05) is 0 Å². The van der Waals surface area contributed by atoms with Crippen molar-refractivity contribution in [1.29, 1.82) is 0 Å². The molecule has 56 heavy (non-hydrogen) atoms. The number of rotatable bonds is 4. The minimum Gasteiger partial charge on any atom is -0.484 e. The van der Waals surface area contributed by atoms with Gasteiger partial charge in [-0.05, 0) is 133 Å². The summed E-state index contributed by atoms with van der Waals surface area (Å²) in [5.74, 6) is 1.33. The Kier molecular flexibility index (Phi) is 7.94. The van der Waals surface area contributed by atoms with Crippen LogP contribution in [0.3, 0.4) is 0 Å². The average molecular weight is 723 g/mol. The van der Waals surface area contributed by atoms with E-state index in [0.717, 1.165) is 5.75 Å². The van der Waals surface area contributed by atoms with E-state index in [1.165, 1.54) is 104 Å². The minimum atomic E-state index is -0.140. The van der Waals surface area contributed by atoms with Crippen LogP contribution in [-0.4, -0.2) is 6.10 Å². The van der Waals surface area contributed by atoms with Gasteiger partial charge in [-0.2, -0.15) is 0 Å². The van der Waals surface area contributed by atoms with Crippen molar-refractivity contribution < 1.29 is 4.74 Å². The Morgan fingerprint density at radius 2 is 1.38 bits per heavy atom. The summed E-state index contributed by atoms with van der Waals surface area (Å²) in [4.78, 5) is 0. The maximum Gasteiger partial charge on any atom is 0.132 e. The molecule has 0 saturated carbocycles. The van der Waals surface area contributed by atoms with Crippen molar-refractivity contribution in [3.8, 4) is 39.1 Å². The lowest BCUT2D eigenvalue weighted by atomic mass is 9.81. The molecule has 3 aliphatic rings. The van der Waals surface area contributed by atoms with Crippen LogP contribution in [0, 0.1) is 6.92 Å². The van der Waals surface area contributed by atoms with Gasteiger partial charge in [0.05, 0.1) is 0 Å². The van der Waals surface area contributed by atoms with E-state index in [-0.39, 0.29) is 17.4 Å². The normalized spacial score (nSPS) is 18.3. The molecule has 1 heteroatoms.